The number of rotatable bonds is 8. The van der Waals surface area contributed by atoms with E-state index in [9.17, 15) is 14.4 Å². The Balaban J connectivity index is 1.49. The monoisotopic (exact) mass is 408 g/mol. The molecule has 0 unspecified atom stereocenters. The highest BCUT2D eigenvalue weighted by atomic mass is 32.1. The van der Waals surface area contributed by atoms with Crippen molar-refractivity contribution in [3.8, 4) is 0 Å². The summed E-state index contributed by atoms with van der Waals surface area (Å²) in [6, 6.07) is 21.6. The number of amides is 2. The molecular formula is C22H20N2O4S. The van der Waals surface area contributed by atoms with Crippen LogP contribution in [0.3, 0.4) is 0 Å². The summed E-state index contributed by atoms with van der Waals surface area (Å²) < 4.78 is 4.98. The fraction of sp³-hybridized carbons (Fsp3) is 0.136. The molecule has 0 aliphatic rings. The summed E-state index contributed by atoms with van der Waals surface area (Å²) >= 11 is 1.53. The predicted molar refractivity (Wildman–Crippen MR) is 110 cm³/mol. The summed E-state index contributed by atoms with van der Waals surface area (Å²) in [5, 5.41) is 7.29. The van der Waals surface area contributed by atoms with E-state index in [1.165, 1.54) is 11.3 Å². The van der Waals surface area contributed by atoms with E-state index in [1.807, 2.05) is 47.8 Å². The molecule has 2 N–H and O–H groups in total. The Morgan fingerprint density at radius 2 is 1.59 bits per heavy atom. The summed E-state index contributed by atoms with van der Waals surface area (Å²) in [6.45, 7) is -0.733. The standard InChI is InChI=1S/C22H20N2O4S/c25-19(15-28-20(26)14-23-22(27)17-10-5-2-6-11-17)24-21(18-12-7-13-29-18)16-8-3-1-4-9-16/h1-13,21H,14-15H2,(H,23,27)(H,24,25)/t21-/m0/s1. The zero-order valence-electron chi connectivity index (χ0n) is 15.5. The van der Waals surface area contributed by atoms with Crippen molar-refractivity contribution >= 4 is 29.1 Å². The molecule has 29 heavy (non-hydrogen) atoms. The van der Waals surface area contributed by atoms with Gasteiger partial charge in [-0.05, 0) is 29.1 Å². The number of esters is 1. The summed E-state index contributed by atoms with van der Waals surface area (Å²) in [7, 11) is 0. The first-order valence-electron chi connectivity index (χ1n) is 9.00. The quantitative estimate of drug-likeness (QED) is 0.562. The lowest BCUT2D eigenvalue weighted by Crippen LogP contribution is -2.35. The number of benzene rings is 2. The molecule has 3 rings (SSSR count). The van der Waals surface area contributed by atoms with Crippen molar-refractivity contribution in [1.29, 1.82) is 0 Å². The molecule has 1 heterocycles. The zero-order chi connectivity index (χ0) is 20.5. The maximum Gasteiger partial charge on any atom is 0.325 e. The van der Waals surface area contributed by atoms with E-state index in [-0.39, 0.29) is 18.5 Å². The largest absolute Gasteiger partial charge is 0.454 e. The molecule has 7 heteroatoms. The molecule has 0 aliphatic carbocycles. The molecule has 0 saturated heterocycles. The molecule has 0 spiro atoms. The highest BCUT2D eigenvalue weighted by Crippen LogP contribution is 2.25. The summed E-state index contributed by atoms with van der Waals surface area (Å²) in [5.41, 5.74) is 1.38. The third kappa shape index (κ3) is 6.02. The lowest BCUT2D eigenvalue weighted by atomic mass is 10.1. The van der Waals surface area contributed by atoms with E-state index < -0.39 is 18.5 Å². The number of thiophene rings is 1. The fourth-order valence-corrected chi connectivity index (χ4v) is 3.47. The SMILES string of the molecule is O=C(COC(=O)CNC(=O)c1ccccc1)N[C@@H](c1ccccc1)c1cccs1. The topological polar surface area (TPSA) is 84.5 Å². The van der Waals surface area contributed by atoms with Crippen LogP contribution in [0.1, 0.15) is 26.8 Å². The van der Waals surface area contributed by atoms with E-state index >= 15 is 0 Å². The molecule has 1 aromatic heterocycles. The van der Waals surface area contributed by atoms with Crippen molar-refractivity contribution in [2.75, 3.05) is 13.2 Å². The lowest BCUT2D eigenvalue weighted by Gasteiger charge is -2.18. The minimum absolute atomic E-state index is 0.311. The molecular weight excluding hydrogens is 388 g/mol. The first kappa shape index (κ1) is 20.3. The van der Waals surface area contributed by atoms with Gasteiger partial charge >= 0.3 is 5.97 Å². The van der Waals surface area contributed by atoms with Crippen LogP contribution in [0.5, 0.6) is 0 Å². The molecule has 6 nitrogen and oxygen atoms in total. The van der Waals surface area contributed by atoms with E-state index in [0.717, 1.165) is 10.4 Å². The first-order chi connectivity index (χ1) is 14.1. The van der Waals surface area contributed by atoms with Crippen molar-refractivity contribution in [3.05, 3.63) is 94.2 Å². The third-order valence-corrected chi connectivity index (χ3v) is 5.00. The maximum atomic E-state index is 12.3. The molecule has 3 aromatic rings. The minimum atomic E-state index is -0.684. The van der Waals surface area contributed by atoms with Gasteiger partial charge in [0.25, 0.3) is 11.8 Å². The Morgan fingerprint density at radius 1 is 0.897 bits per heavy atom. The molecule has 1 atom stereocenters. The predicted octanol–water partition coefficient (Wildman–Crippen LogP) is 2.93. The molecule has 0 fully saturated rings. The zero-order valence-corrected chi connectivity index (χ0v) is 16.4. The number of hydrogen-bond donors (Lipinski definition) is 2. The molecule has 148 valence electrons. The van der Waals surface area contributed by atoms with Crippen LogP contribution in [-0.2, 0) is 14.3 Å². The second kappa shape index (κ2) is 10.2. The first-order valence-corrected chi connectivity index (χ1v) is 9.88. The second-order valence-corrected chi connectivity index (χ2v) is 7.12. The van der Waals surface area contributed by atoms with E-state index in [4.69, 9.17) is 4.74 Å². The van der Waals surface area contributed by atoms with Crippen molar-refractivity contribution in [2.24, 2.45) is 0 Å². The van der Waals surface area contributed by atoms with Crippen LogP contribution in [0.15, 0.2) is 78.2 Å². The van der Waals surface area contributed by atoms with Crippen LogP contribution in [0.4, 0.5) is 0 Å². The van der Waals surface area contributed by atoms with Gasteiger partial charge in [-0.25, -0.2) is 0 Å². The van der Waals surface area contributed by atoms with Crippen LogP contribution in [-0.4, -0.2) is 30.9 Å². The summed E-state index contributed by atoms with van der Waals surface area (Å²) in [5.74, 6) is -1.49. The van der Waals surface area contributed by atoms with Gasteiger partial charge < -0.3 is 15.4 Å². The third-order valence-electron chi connectivity index (χ3n) is 4.06. The van der Waals surface area contributed by atoms with E-state index in [1.54, 1.807) is 30.3 Å². The molecule has 0 radical (unpaired) electrons. The molecule has 0 bridgehead atoms. The number of nitrogens with one attached hydrogen (secondary N) is 2. The van der Waals surface area contributed by atoms with Crippen molar-refractivity contribution in [2.45, 2.75) is 6.04 Å². The Hall–Kier alpha value is -3.45. The van der Waals surface area contributed by atoms with Crippen LogP contribution < -0.4 is 10.6 Å². The average molecular weight is 408 g/mol. The average Bonchev–Trinajstić information content (AvgIpc) is 3.30. The molecule has 0 aliphatic heterocycles. The van der Waals surface area contributed by atoms with E-state index in [2.05, 4.69) is 10.6 Å². The molecule has 0 saturated carbocycles. The highest BCUT2D eigenvalue weighted by molar-refractivity contribution is 7.10. The summed E-state index contributed by atoms with van der Waals surface area (Å²) in [4.78, 5) is 37.1. The number of hydrogen-bond acceptors (Lipinski definition) is 5. The van der Waals surface area contributed by atoms with Gasteiger partial charge in [0.1, 0.15) is 6.54 Å². The Labute approximate surface area is 172 Å². The Kier molecular flexibility index (Phi) is 7.13. The van der Waals surface area contributed by atoms with Gasteiger partial charge in [0.15, 0.2) is 6.61 Å². The number of ether oxygens (including phenoxy) is 1. The normalized spacial score (nSPS) is 11.3. The van der Waals surface area contributed by atoms with Crippen LogP contribution in [0.25, 0.3) is 0 Å². The maximum absolute atomic E-state index is 12.3. The van der Waals surface area contributed by atoms with Gasteiger partial charge in [0, 0.05) is 10.4 Å². The second-order valence-electron chi connectivity index (χ2n) is 6.14. The van der Waals surface area contributed by atoms with Gasteiger partial charge in [-0.3, -0.25) is 14.4 Å². The van der Waals surface area contributed by atoms with E-state index in [0.29, 0.717) is 5.56 Å². The minimum Gasteiger partial charge on any atom is -0.454 e. The van der Waals surface area contributed by atoms with Crippen LogP contribution >= 0.6 is 11.3 Å². The number of carbonyl (C=O) groups is 3. The Bertz CT molecular complexity index is 943. The highest BCUT2D eigenvalue weighted by Gasteiger charge is 2.18. The molecule has 2 amide bonds. The van der Waals surface area contributed by atoms with Crippen molar-refractivity contribution < 1.29 is 19.1 Å². The van der Waals surface area contributed by atoms with Gasteiger partial charge in [0.2, 0.25) is 0 Å². The van der Waals surface area contributed by atoms with Gasteiger partial charge in [-0.15, -0.1) is 11.3 Å². The van der Waals surface area contributed by atoms with Crippen LogP contribution in [0, 0.1) is 0 Å². The van der Waals surface area contributed by atoms with Gasteiger partial charge in [-0.1, -0.05) is 54.6 Å². The van der Waals surface area contributed by atoms with Crippen LogP contribution in [0.2, 0.25) is 0 Å². The lowest BCUT2D eigenvalue weighted by molar-refractivity contribution is -0.147. The number of carbonyl (C=O) groups excluding carboxylic acids is 3. The van der Waals surface area contributed by atoms with Crippen molar-refractivity contribution in [1.82, 2.24) is 10.6 Å². The van der Waals surface area contributed by atoms with Gasteiger partial charge in [-0.2, -0.15) is 0 Å². The summed E-state index contributed by atoms with van der Waals surface area (Å²) in [6.07, 6.45) is 0. The molecule has 2 aromatic carbocycles. The van der Waals surface area contributed by atoms with Crippen molar-refractivity contribution in [3.63, 3.8) is 0 Å². The smallest absolute Gasteiger partial charge is 0.325 e. The fourth-order valence-electron chi connectivity index (χ4n) is 2.66. The van der Waals surface area contributed by atoms with Gasteiger partial charge in [0.05, 0.1) is 6.04 Å². The Morgan fingerprint density at radius 3 is 2.24 bits per heavy atom.